The molecule has 2 atom stereocenters. The third-order valence-electron chi connectivity index (χ3n) is 3.39. The number of nitrogens with one attached hydrogen (secondary N) is 2. The molecule has 0 saturated heterocycles. The fourth-order valence-electron chi connectivity index (χ4n) is 2.56. The van der Waals surface area contributed by atoms with Gasteiger partial charge in [0.05, 0.1) is 6.33 Å². The summed E-state index contributed by atoms with van der Waals surface area (Å²) in [6.07, 6.45) is 5.23. The molecule has 1 aliphatic rings. The van der Waals surface area contributed by atoms with Crippen molar-refractivity contribution in [3.05, 3.63) is 11.6 Å². The first-order valence-electron chi connectivity index (χ1n) is 6.51. The van der Waals surface area contributed by atoms with Crippen LogP contribution in [0.5, 0.6) is 0 Å². The van der Waals surface area contributed by atoms with Crippen LogP contribution in [0.2, 0.25) is 5.28 Å². The molecule has 2 heterocycles. The molecule has 7 heteroatoms. The average molecular weight is 298 g/mol. The standard InChI is InChI=1S/C12H16ClN5S/c1-2-19-8-4-3-7(5-8)16-11-9-10(15-6-14-9)17-12(13)18-11/h6-8H,2-5H2,1H3,(H2,14,15,16,17,18). The minimum Gasteiger partial charge on any atom is -0.365 e. The first-order chi connectivity index (χ1) is 9.26. The van der Waals surface area contributed by atoms with Gasteiger partial charge in [-0.15, -0.1) is 0 Å². The number of aromatic amines is 1. The molecule has 1 fully saturated rings. The quantitative estimate of drug-likeness (QED) is 0.849. The van der Waals surface area contributed by atoms with Crippen LogP contribution in [0.4, 0.5) is 5.82 Å². The Morgan fingerprint density at radius 2 is 2.37 bits per heavy atom. The number of anilines is 1. The fourth-order valence-corrected chi connectivity index (χ4v) is 3.87. The molecule has 0 spiro atoms. The van der Waals surface area contributed by atoms with Crippen molar-refractivity contribution in [2.24, 2.45) is 0 Å². The second-order valence-corrected chi connectivity index (χ2v) is 6.59. The maximum Gasteiger partial charge on any atom is 0.226 e. The molecule has 0 aromatic carbocycles. The van der Waals surface area contributed by atoms with Crippen molar-refractivity contribution in [2.45, 2.75) is 37.5 Å². The SMILES string of the molecule is CCSC1CCC(Nc2nc(Cl)nc3nc[nH]c23)C1. The summed E-state index contributed by atoms with van der Waals surface area (Å²) in [5.41, 5.74) is 1.44. The number of imidazole rings is 1. The van der Waals surface area contributed by atoms with E-state index in [4.69, 9.17) is 11.6 Å². The Morgan fingerprint density at radius 3 is 3.21 bits per heavy atom. The summed E-state index contributed by atoms with van der Waals surface area (Å²) in [4.78, 5) is 15.5. The lowest BCUT2D eigenvalue weighted by Gasteiger charge is -2.14. The molecule has 0 radical (unpaired) electrons. The van der Waals surface area contributed by atoms with E-state index in [0.717, 1.165) is 16.6 Å². The van der Waals surface area contributed by atoms with Gasteiger partial charge in [0.25, 0.3) is 0 Å². The molecule has 5 nitrogen and oxygen atoms in total. The van der Waals surface area contributed by atoms with Crippen molar-refractivity contribution in [1.29, 1.82) is 0 Å². The Balaban J connectivity index is 1.77. The highest BCUT2D eigenvalue weighted by Crippen LogP contribution is 2.32. The van der Waals surface area contributed by atoms with Crippen molar-refractivity contribution < 1.29 is 0 Å². The number of nitrogens with zero attached hydrogens (tertiary/aromatic N) is 3. The van der Waals surface area contributed by atoms with Gasteiger partial charge in [0.1, 0.15) is 5.52 Å². The molecule has 1 aliphatic carbocycles. The molecule has 0 bridgehead atoms. The van der Waals surface area contributed by atoms with Crippen LogP contribution in [0.15, 0.2) is 6.33 Å². The summed E-state index contributed by atoms with van der Waals surface area (Å²) in [6, 6.07) is 0.460. The lowest BCUT2D eigenvalue weighted by Crippen LogP contribution is -2.17. The van der Waals surface area contributed by atoms with E-state index >= 15 is 0 Å². The van der Waals surface area contributed by atoms with Gasteiger partial charge in [0, 0.05) is 11.3 Å². The van der Waals surface area contributed by atoms with Crippen molar-refractivity contribution in [1.82, 2.24) is 19.9 Å². The van der Waals surface area contributed by atoms with Crippen LogP contribution in [0, 0.1) is 0 Å². The van der Waals surface area contributed by atoms with Crippen LogP contribution in [-0.2, 0) is 0 Å². The second kappa shape index (κ2) is 5.54. The largest absolute Gasteiger partial charge is 0.365 e. The Hall–Kier alpha value is -1.01. The summed E-state index contributed by atoms with van der Waals surface area (Å²) in [7, 11) is 0. The second-order valence-electron chi connectivity index (χ2n) is 4.67. The highest BCUT2D eigenvalue weighted by molar-refractivity contribution is 7.99. The fraction of sp³-hybridized carbons (Fsp3) is 0.583. The number of fused-ring (bicyclic) bond motifs is 1. The average Bonchev–Trinajstić information content (AvgIpc) is 2.98. The third-order valence-corrected chi connectivity index (χ3v) is 4.79. The van der Waals surface area contributed by atoms with Gasteiger partial charge in [0.2, 0.25) is 5.28 Å². The van der Waals surface area contributed by atoms with Crippen molar-refractivity contribution >= 4 is 40.3 Å². The van der Waals surface area contributed by atoms with Gasteiger partial charge in [0.15, 0.2) is 11.5 Å². The molecule has 0 amide bonds. The summed E-state index contributed by atoms with van der Waals surface area (Å²) in [5, 5.41) is 4.48. The molecule has 19 heavy (non-hydrogen) atoms. The Morgan fingerprint density at radius 1 is 1.47 bits per heavy atom. The zero-order chi connectivity index (χ0) is 13.2. The normalized spacial score (nSPS) is 23.1. The minimum absolute atomic E-state index is 0.236. The number of thioether (sulfide) groups is 1. The number of halogens is 1. The van der Waals surface area contributed by atoms with Crippen LogP contribution in [0.3, 0.4) is 0 Å². The van der Waals surface area contributed by atoms with Gasteiger partial charge < -0.3 is 10.3 Å². The monoisotopic (exact) mass is 297 g/mol. The zero-order valence-corrected chi connectivity index (χ0v) is 12.3. The van der Waals surface area contributed by atoms with E-state index in [1.807, 2.05) is 11.8 Å². The van der Waals surface area contributed by atoms with Crippen LogP contribution in [-0.4, -0.2) is 37.0 Å². The third kappa shape index (κ3) is 2.79. The Labute approximate surface area is 121 Å². The van der Waals surface area contributed by atoms with Crippen molar-refractivity contribution in [3.63, 3.8) is 0 Å². The topological polar surface area (TPSA) is 66.5 Å². The first kappa shape index (κ1) is 13.0. The predicted octanol–water partition coefficient (Wildman–Crippen LogP) is 3.09. The van der Waals surface area contributed by atoms with Crippen molar-refractivity contribution in [3.8, 4) is 0 Å². The highest BCUT2D eigenvalue weighted by Gasteiger charge is 2.25. The molecule has 2 aromatic heterocycles. The minimum atomic E-state index is 0.236. The van der Waals surface area contributed by atoms with Crippen LogP contribution >= 0.6 is 23.4 Å². The lowest BCUT2D eigenvalue weighted by atomic mass is 10.2. The summed E-state index contributed by atoms with van der Waals surface area (Å²) in [5.74, 6) is 1.95. The maximum absolute atomic E-state index is 5.92. The van der Waals surface area contributed by atoms with E-state index in [9.17, 15) is 0 Å². The van der Waals surface area contributed by atoms with Crippen LogP contribution in [0.25, 0.3) is 11.2 Å². The molecular formula is C12H16ClN5S. The van der Waals surface area contributed by atoms with Gasteiger partial charge in [-0.2, -0.15) is 21.7 Å². The van der Waals surface area contributed by atoms with Gasteiger partial charge in [-0.1, -0.05) is 6.92 Å². The molecule has 3 rings (SSSR count). The molecule has 2 unspecified atom stereocenters. The van der Waals surface area contributed by atoms with E-state index in [1.54, 1.807) is 6.33 Å². The van der Waals surface area contributed by atoms with Gasteiger partial charge >= 0.3 is 0 Å². The Kier molecular flexibility index (Phi) is 3.79. The summed E-state index contributed by atoms with van der Waals surface area (Å²) >= 11 is 7.97. The smallest absolute Gasteiger partial charge is 0.226 e. The van der Waals surface area contributed by atoms with E-state index in [0.29, 0.717) is 11.7 Å². The van der Waals surface area contributed by atoms with E-state index in [-0.39, 0.29) is 5.28 Å². The molecule has 102 valence electrons. The number of hydrogen-bond acceptors (Lipinski definition) is 5. The van der Waals surface area contributed by atoms with Gasteiger partial charge in [-0.25, -0.2) is 4.98 Å². The lowest BCUT2D eigenvalue weighted by molar-refractivity contribution is 0.752. The van der Waals surface area contributed by atoms with E-state index in [2.05, 4.69) is 32.2 Å². The highest BCUT2D eigenvalue weighted by atomic mass is 35.5. The van der Waals surface area contributed by atoms with E-state index in [1.165, 1.54) is 25.0 Å². The number of aromatic nitrogens is 4. The molecule has 2 N–H and O–H groups in total. The molecule has 1 saturated carbocycles. The number of H-pyrrole nitrogens is 1. The summed E-state index contributed by atoms with van der Waals surface area (Å²) < 4.78 is 0. The Bertz CT molecular complexity index is 572. The predicted molar refractivity (Wildman–Crippen MR) is 79.9 cm³/mol. The van der Waals surface area contributed by atoms with E-state index < -0.39 is 0 Å². The number of hydrogen-bond donors (Lipinski definition) is 2. The zero-order valence-electron chi connectivity index (χ0n) is 10.7. The van der Waals surface area contributed by atoms with Gasteiger partial charge in [-0.05, 0) is 36.6 Å². The molecule has 0 aliphatic heterocycles. The molecular weight excluding hydrogens is 282 g/mol. The van der Waals surface area contributed by atoms with Crippen molar-refractivity contribution in [2.75, 3.05) is 11.1 Å². The van der Waals surface area contributed by atoms with Crippen LogP contribution in [0.1, 0.15) is 26.2 Å². The first-order valence-corrected chi connectivity index (χ1v) is 7.93. The summed E-state index contributed by atoms with van der Waals surface area (Å²) in [6.45, 7) is 2.21. The number of rotatable bonds is 4. The van der Waals surface area contributed by atoms with Gasteiger partial charge in [-0.3, -0.25) is 0 Å². The van der Waals surface area contributed by atoms with Crippen LogP contribution < -0.4 is 5.32 Å². The molecule has 2 aromatic rings. The maximum atomic E-state index is 5.92.